The molecule has 1 amide bonds. The van der Waals surface area contributed by atoms with Crippen LogP contribution in [0.5, 0.6) is 0 Å². The van der Waals surface area contributed by atoms with Crippen LogP contribution in [0, 0.1) is 0 Å². The lowest BCUT2D eigenvalue weighted by atomic mass is 10.0. The molecule has 0 bridgehead atoms. The van der Waals surface area contributed by atoms with Crippen molar-refractivity contribution in [2.24, 2.45) is 0 Å². The summed E-state index contributed by atoms with van der Waals surface area (Å²) in [4.78, 5) is 26.2. The maximum absolute atomic E-state index is 13.2. The second kappa shape index (κ2) is 51.3. The molecule has 0 heterocycles. The van der Waals surface area contributed by atoms with Crippen molar-refractivity contribution < 1.29 is 24.5 Å². The van der Waals surface area contributed by atoms with Crippen molar-refractivity contribution in [3.05, 3.63) is 24.3 Å². The summed E-state index contributed by atoms with van der Waals surface area (Å²) in [6.07, 6.45) is 59.6. The van der Waals surface area contributed by atoms with Crippen molar-refractivity contribution in [1.29, 1.82) is 0 Å². The molecular weight excluding hydrogens is 779 g/mol. The SMILES string of the molecule is CCCCCCCC/C=C\CCCC(CC(=O)NC(CO)C(O)CCCCCCCCCCCCCCCCCCC)OC(=O)CCCCCCC/C=C/CCCCCCCCC. The van der Waals surface area contributed by atoms with Gasteiger partial charge >= 0.3 is 5.97 Å². The zero-order valence-electron chi connectivity index (χ0n) is 42.5. The van der Waals surface area contributed by atoms with Crippen molar-refractivity contribution in [2.45, 2.75) is 322 Å². The van der Waals surface area contributed by atoms with E-state index in [1.807, 2.05) is 0 Å². The van der Waals surface area contributed by atoms with Gasteiger partial charge in [-0.25, -0.2) is 0 Å². The Kier molecular flexibility index (Phi) is 50.0. The van der Waals surface area contributed by atoms with E-state index in [0.717, 1.165) is 57.8 Å². The van der Waals surface area contributed by atoms with Gasteiger partial charge in [-0.05, 0) is 70.6 Å². The zero-order valence-corrected chi connectivity index (χ0v) is 42.5. The van der Waals surface area contributed by atoms with Crippen LogP contribution in [0.3, 0.4) is 0 Å². The van der Waals surface area contributed by atoms with E-state index in [1.54, 1.807) is 0 Å². The molecule has 0 aromatic heterocycles. The lowest BCUT2D eigenvalue weighted by Gasteiger charge is -2.24. The first-order chi connectivity index (χ1) is 31.0. The molecule has 6 heteroatoms. The number of nitrogens with one attached hydrogen (secondary N) is 1. The lowest BCUT2D eigenvalue weighted by molar-refractivity contribution is -0.151. The third-order valence-electron chi connectivity index (χ3n) is 13.0. The summed E-state index contributed by atoms with van der Waals surface area (Å²) in [5, 5.41) is 23.8. The number of hydrogen-bond acceptors (Lipinski definition) is 5. The number of unbranched alkanes of at least 4 members (excludes halogenated alkanes) is 35. The minimum atomic E-state index is -0.793. The summed E-state index contributed by atoms with van der Waals surface area (Å²) >= 11 is 0. The Hall–Kier alpha value is -1.66. The van der Waals surface area contributed by atoms with Crippen LogP contribution in [-0.4, -0.2) is 46.9 Å². The van der Waals surface area contributed by atoms with Crippen LogP contribution in [-0.2, 0) is 14.3 Å². The summed E-state index contributed by atoms with van der Waals surface area (Å²) in [7, 11) is 0. The second-order valence-corrected chi connectivity index (χ2v) is 19.3. The molecule has 0 radical (unpaired) electrons. The van der Waals surface area contributed by atoms with Crippen molar-refractivity contribution in [2.75, 3.05) is 6.61 Å². The number of carbonyl (C=O) groups excluding carboxylic acids is 2. The molecule has 0 aliphatic heterocycles. The molecule has 0 saturated heterocycles. The number of carbonyl (C=O) groups is 2. The topological polar surface area (TPSA) is 95.9 Å². The van der Waals surface area contributed by atoms with E-state index >= 15 is 0 Å². The smallest absolute Gasteiger partial charge is 0.306 e. The average molecular weight is 889 g/mol. The Morgan fingerprint density at radius 2 is 0.778 bits per heavy atom. The molecule has 0 spiro atoms. The molecule has 3 atom stereocenters. The van der Waals surface area contributed by atoms with Gasteiger partial charge in [0.05, 0.1) is 25.2 Å². The van der Waals surface area contributed by atoms with Gasteiger partial charge in [-0.2, -0.15) is 0 Å². The Balaban J connectivity index is 4.47. The second-order valence-electron chi connectivity index (χ2n) is 19.3. The van der Waals surface area contributed by atoms with Gasteiger partial charge in [0.25, 0.3) is 0 Å². The van der Waals surface area contributed by atoms with Gasteiger partial charge in [0.1, 0.15) is 6.10 Å². The summed E-state index contributed by atoms with van der Waals surface area (Å²) < 4.78 is 5.92. The summed E-state index contributed by atoms with van der Waals surface area (Å²) in [6.45, 7) is 6.49. The molecule has 0 saturated carbocycles. The highest BCUT2D eigenvalue weighted by molar-refractivity contribution is 5.77. The first kappa shape index (κ1) is 61.3. The Morgan fingerprint density at radius 3 is 1.16 bits per heavy atom. The number of allylic oxidation sites excluding steroid dienone is 4. The maximum atomic E-state index is 13.2. The standard InChI is InChI=1S/C57H109NO5/c1-4-7-10-13-16-19-22-24-26-28-29-31-34-37-40-43-46-49-55(60)54(52-59)58-56(61)51-53(48-45-42-39-36-33-21-18-15-12-9-6-3)63-57(62)50-47-44-41-38-35-32-30-27-25-23-20-17-14-11-8-5-2/h27,30,36,39,53-55,59-60H,4-26,28-29,31-35,37-38,40-52H2,1-3H3,(H,58,61)/b30-27+,39-36-. The van der Waals surface area contributed by atoms with E-state index < -0.39 is 18.2 Å². The highest BCUT2D eigenvalue weighted by Gasteiger charge is 2.24. The van der Waals surface area contributed by atoms with Crippen molar-refractivity contribution in [3.63, 3.8) is 0 Å². The Bertz CT molecular complexity index is 997. The Morgan fingerprint density at radius 1 is 0.444 bits per heavy atom. The molecule has 0 aliphatic carbocycles. The van der Waals surface area contributed by atoms with E-state index in [4.69, 9.17) is 4.74 Å². The van der Waals surface area contributed by atoms with E-state index in [9.17, 15) is 19.8 Å². The minimum Gasteiger partial charge on any atom is -0.462 e. The lowest BCUT2D eigenvalue weighted by Crippen LogP contribution is -2.46. The van der Waals surface area contributed by atoms with Crippen molar-refractivity contribution >= 4 is 11.9 Å². The van der Waals surface area contributed by atoms with Crippen LogP contribution in [0.4, 0.5) is 0 Å². The third-order valence-corrected chi connectivity index (χ3v) is 13.0. The summed E-state index contributed by atoms with van der Waals surface area (Å²) in [5.41, 5.74) is 0. The number of ether oxygens (including phenoxy) is 1. The summed E-state index contributed by atoms with van der Waals surface area (Å²) in [6, 6.07) is -0.708. The monoisotopic (exact) mass is 888 g/mol. The molecule has 0 aromatic carbocycles. The molecule has 0 aliphatic rings. The van der Waals surface area contributed by atoms with E-state index in [0.29, 0.717) is 19.3 Å². The van der Waals surface area contributed by atoms with E-state index in [1.165, 1.54) is 199 Å². The third kappa shape index (κ3) is 46.7. The van der Waals surface area contributed by atoms with Gasteiger partial charge < -0.3 is 20.3 Å². The highest BCUT2D eigenvalue weighted by atomic mass is 16.5. The molecule has 3 unspecified atom stereocenters. The number of aliphatic hydroxyl groups excluding tert-OH is 2. The molecule has 3 N–H and O–H groups in total. The molecule has 0 aromatic rings. The molecule has 6 nitrogen and oxygen atoms in total. The van der Waals surface area contributed by atoms with Gasteiger partial charge in [0, 0.05) is 6.42 Å². The fourth-order valence-corrected chi connectivity index (χ4v) is 8.72. The highest BCUT2D eigenvalue weighted by Crippen LogP contribution is 2.18. The first-order valence-electron chi connectivity index (χ1n) is 28.1. The van der Waals surface area contributed by atoms with E-state index in [2.05, 4.69) is 50.4 Å². The van der Waals surface area contributed by atoms with Gasteiger partial charge in [0.2, 0.25) is 5.91 Å². The van der Waals surface area contributed by atoms with Gasteiger partial charge in [0.15, 0.2) is 0 Å². The van der Waals surface area contributed by atoms with Crippen LogP contribution in [0.2, 0.25) is 0 Å². The van der Waals surface area contributed by atoms with Crippen LogP contribution >= 0.6 is 0 Å². The van der Waals surface area contributed by atoms with Crippen LogP contribution in [0.1, 0.15) is 303 Å². The van der Waals surface area contributed by atoms with Crippen LogP contribution in [0.25, 0.3) is 0 Å². The molecular formula is C57H109NO5. The van der Waals surface area contributed by atoms with Gasteiger partial charge in [-0.3, -0.25) is 9.59 Å². The number of amides is 1. The molecule has 63 heavy (non-hydrogen) atoms. The molecule has 372 valence electrons. The Labute approximate surface area is 392 Å². The number of hydrogen-bond donors (Lipinski definition) is 3. The number of esters is 1. The molecule has 0 rings (SSSR count). The quantitative estimate of drug-likeness (QED) is 0.0321. The van der Waals surface area contributed by atoms with E-state index in [-0.39, 0.29) is 24.9 Å². The normalized spacial score (nSPS) is 13.3. The average Bonchev–Trinajstić information content (AvgIpc) is 3.28. The zero-order chi connectivity index (χ0) is 45.9. The minimum absolute atomic E-state index is 0.0576. The predicted molar refractivity (Wildman–Crippen MR) is 273 cm³/mol. The number of aliphatic hydroxyl groups is 2. The van der Waals surface area contributed by atoms with Gasteiger partial charge in [-0.1, -0.05) is 244 Å². The summed E-state index contributed by atoms with van der Waals surface area (Å²) in [5.74, 6) is -0.499. The largest absolute Gasteiger partial charge is 0.462 e. The maximum Gasteiger partial charge on any atom is 0.306 e. The van der Waals surface area contributed by atoms with Crippen molar-refractivity contribution in [3.8, 4) is 0 Å². The molecule has 0 fully saturated rings. The predicted octanol–water partition coefficient (Wildman–Crippen LogP) is 17.1. The van der Waals surface area contributed by atoms with Crippen LogP contribution in [0.15, 0.2) is 24.3 Å². The fourth-order valence-electron chi connectivity index (χ4n) is 8.72. The first-order valence-corrected chi connectivity index (χ1v) is 28.1. The number of rotatable bonds is 51. The van der Waals surface area contributed by atoms with Crippen LogP contribution < -0.4 is 5.32 Å². The van der Waals surface area contributed by atoms with Crippen molar-refractivity contribution in [1.82, 2.24) is 5.32 Å². The fraction of sp³-hybridized carbons (Fsp3) is 0.895. The van der Waals surface area contributed by atoms with Gasteiger partial charge in [-0.15, -0.1) is 0 Å².